The molecule has 2 aromatic rings. The van der Waals surface area contributed by atoms with Crippen molar-refractivity contribution in [2.24, 2.45) is 0 Å². The number of aromatic nitrogens is 2. The second-order valence-corrected chi connectivity index (χ2v) is 4.99. The number of aromatic hydroxyl groups is 1. The van der Waals surface area contributed by atoms with Gasteiger partial charge in [0, 0.05) is 19.3 Å². The van der Waals surface area contributed by atoms with Crippen LogP contribution in [0.5, 0.6) is 5.75 Å². The molecule has 0 radical (unpaired) electrons. The van der Waals surface area contributed by atoms with Gasteiger partial charge in [-0.1, -0.05) is 6.07 Å². The molecule has 0 aliphatic carbocycles. The molecule has 0 bridgehead atoms. The Morgan fingerprint density at radius 2 is 2.25 bits per heavy atom. The Kier molecular flexibility index (Phi) is 3.06. The average molecular weight is 272 g/mol. The molecule has 0 saturated carbocycles. The Hall–Kier alpha value is -2.50. The predicted octanol–water partition coefficient (Wildman–Crippen LogP) is 0.756. The summed E-state index contributed by atoms with van der Waals surface area (Å²) in [6.45, 7) is 1.40. The number of nitrogens with zero attached hydrogens (tertiary/aromatic N) is 3. The number of benzene rings is 1. The number of hydrogen-bond donors (Lipinski definition) is 2. The van der Waals surface area contributed by atoms with Crippen molar-refractivity contribution in [3.63, 3.8) is 0 Å². The first-order chi connectivity index (χ1) is 9.61. The fourth-order valence-corrected chi connectivity index (χ4v) is 2.46. The van der Waals surface area contributed by atoms with E-state index < -0.39 is 0 Å². The lowest BCUT2D eigenvalue weighted by Gasteiger charge is -2.29. The van der Waals surface area contributed by atoms with Crippen LogP contribution in [0, 0.1) is 0 Å². The Labute approximate surface area is 116 Å². The maximum Gasteiger partial charge on any atom is 0.244 e. The molecule has 0 atom stereocenters. The Balaban J connectivity index is 1.71. The molecule has 6 heteroatoms. The molecule has 0 saturated heterocycles. The van der Waals surface area contributed by atoms with E-state index in [1.165, 1.54) is 16.4 Å². The van der Waals surface area contributed by atoms with E-state index in [4.69, 9.17) is 5.73 Å². The van der Waals surface area contributed by atoms with E-state index in [-0.39, 0.29) is 18.2 Å². The van der Waals surface area contributed by atoms with Crippen LogP contribution in [0.3, 0.4) is 0 Å². The molecule has 0 spiro atoms. The van der Waals surface area contributed by atoms with E-state index in [1.54, 1.807) is 23.2 Å². The molecule has 1 amide bonds. The van der Waals surface area contributed by atoms with Gasteiger partial charge in [-0.25, -0.2) is 0 Å². The quantitative estimate of drug-likeness (QED) is 0.845. The van der Waals surface area contributed by atoms with Gasteiger partial charge in [-0.2, -0.15) is 5.10 Å². The number of phenolic OH excluding ortho intramolecular Hbond substituents is 1. The summed E-state index contributed by atoms with van der Waals surface area (Å²) in [5.41, 5.74) is 8.32. The van der Waals surface area contributed by atoms with E-state index in [0.717, 1.165) is 12.0 Å². The van der Waals surface area contributed by atoms with Gasteiger partial charge in [-0.05, 0) is 29.7 Å². The molecule has 1 aromatic carbocycles. The lowest BCUT2D eigenvalue weighted by molar-refractivity contribution is -0.133. The largest absolute Gasteiger partial charge is 0.508 e. The third-order valence-electron chi connectivity index (χ3n) is 3.51. The number of amides is 1. The zero-order valence-electron chi connectivity index (χ0n) is 11.0. The van der Waals surface area contributed by atoms with Gasteiger partial charge in [0.25, 0.3) is 0 Å². The van der Waals surface area contributed by atoms with Crippen molar-refractivity contribution in [1.82, 2.24) is 14.7 Å². The molecule has 2 heterocycles. The normalized spacial score (nSPS) is 14.1. The van der Waals surface area contributed by atoms with Crippen molar-refractivity contribution in [2.75, 3.05) is 12.3 Å². The summed E-state index contributed by atoms with van der Waals surface area (Å²) in [6, 6.07) is 5.32. The lowest BCUT2D eigenvalue weighted by Crippen LogP contribution is -2.38. The van der Waals surface area contributed by atoms with Gasteiger partial charge in [0.1, 0.15) is 12.3 Å². The second-order valence-electron chi connectivity index (χ2n) is 4.99. The van der Waals surface area contributed by atoms with Gasteiger partial charge >= 0.3 is 0 Å². The maximum absolute atomic E-state index is 12.2. The number of carbonyl (C=O) groups is 1. The average Bonchev–Trinajstić information content (AvgIpc) is 2.83. The Bertz CT molecular complexity index is 650. The molecule has 20 heavy (non-hydrogen) atoms. The first-order valence-electron chi connectivity index (χ1n) is 6.48. The van der Waals surface area contributed by atoms with Crippen LogP contribution in [0.2, 0.25) is 0 Å². The molecule has 1 aliphatic heterocycles. The smallest absolute Gasteiger partial charge is 0.244 e. The zero-order chi connectivity index (χ0) is 14.1. The molecular weight excluding hydrogens is 256 g/mol. The maximum atomic E-state index is 12.2. The fourth-order valence-electron chi connectivity index (χ4n) is 2.46. The minimum Gasteiger partial charge on any atom is -0.508 e. The summed E-state index contributed by atoms with van der Waals surface area (Å²) in [5.74, 6) is 0.236. The first-order valence-corrected chi connectivity index (χ1v) is 6.48. The first kappa shape index (κ1) is 12.5. The third-order valence-corrected chi connectivity index (χ3v) is 3.51. The number of carbonyl (C=O) groups excluding carboxylic acids is 1. The number of fused-ring (bicyclic) bond motifs is 1. The number of phenols is 1. The van der Waals surface area contributed by atoms with Crippen molar-refractivity contribution in [3.05, 3.63) is 41.7 Å². The molecule has 1 aromatic heterocycles. The van der Waals surface area contributed by atoms with Crippen LogP contribution < -0.4 is 5.73 Å². The van der Waals surface area contributed by atoms with Crippen LogP contribution in [-0.2, 0) is 24.3 Å². The van der Waals surface area contributed by atoms with E-state index >= 15 is 0 Å². The molecule has 3 N–H and O–H groups in total. The molecular formula is C14H16N4O2. The number of hydrogen-bond acceptors (Lipinski definition) is 4. The number of nitrogen functional groups attached to an aromatic ring is 1. The van der Waals surface area contributed by atoms with Gasteiger partial charge < -0.3 is 15.7 Å². The van der Waals surface area contributed by atoms with Crippen molar-refractivity contribution in [1.29, 1.82) is 0 Å². The van der Waals surface area contributed by atoms with Gasteiger partial charge in [0.15, 0.2) is 0 Å². The van der Waals surface area contributed by atoms with Crippen LogP contribution in [-0.4, -0.2) is 32.2 Å². The highest BCUT2D eigenvalue weighted by Crippen LogP contribution is 2.23. The highest BCUT2D eigenvalue weighted by Gasteiger charge is 2.21. The highest BCUT2D eigenvalue weighted by molar-refractivity contribution is 5.76. The standard InChI is InChI=1S/C14H16N4O2/c15-12-6-16-18(8-12)9-14(20)17-4-3-10-1-2-13(19)5-11(10)7-17/h1-2,5-6,8,19H,3-4,7,9,15H2. The minimum absolute atomic E-state index is 0.00194. The van der Waals surface area contributed by atoms with Crippen LogP contribution >= 0.6 is 0 Å². The monoisotopic (exact) mass is 272 g/mol. The Morgan fingerprint density at radius 1 is 1.40 bits per heavy atom. The molecule has 0 fully saturated rings. The summed E-state index contributed by atoms with van der Waals surface area (Å²) in [7, 11) is 0. The SMILES string of the molecule is Nc1cnn(CC(=O)N2CCc3ccc(O)cc3C2)c1. The van der Waals surface area contributed by atoms with Crippen LogP contribution in [0.25, 0.3) is 0 Å². The molecule has 0 unspecified atom stereocenters. The zero-order valence-corrected chi connectivity index (χ0v) is 11.0. The summed E-state index contributed by atoms with van der Waals surface area (Å²) in [5, 5.41) is 13.5. The van der Waals surface area contributed by atoms with Crippen LogP contribution in [0.15, 0.2) is 30.6 Å². The molecule has 6 nitrogen and oxygen atoms in total. The summed E-state index contributed by atoms with van der Waals surface area (Å²) in [4.78, 5) is 14.0. The van der Waals surface area contributed by atoms with Crippen molar-refractivity contribution >= 4 is 11.6 Å². The lowest BCUT2D eigenvalue weighted by atomic mass is 9.99. The predicted molar refractivity (Wildman–Crippen MR) is 73.9 cm³/mol. The van der Waals surface area contributed by atoms with Gasteiger partial charge in [0.2, 0.25) is 5.91 Å². The van der Waals surface area contributed by atoms with E-state index in [1.807, 2.05) is 6.07 Å². The fraction of sp³-hybridized carbons (Fsp3) is 0.286. The molecule has 3 rings (SSSR count). The number of rotatable bonds is 2. The third kappa shape index (κ3) is 2.45. The number of nitrogens with two attached hydrogens (primary N) is 1. The van der Waals surface area contributed by atoms with Gasteiger partial charge in [-0.15, -0.1) is 0 Å². The van der Waals surface area contributed by atoms with Crippen molar-refractivity contribution in [2.45, 2.75) is 19.5 Å². The van der Waals surface area contributed by atoms with Crippen LogP contribution in [0.1, 0.15) is 11.1 Å². The van der Waals surface area contributed by atoms with Gasteiger partial charge in [0.05, 0.1) is 11.9 Å². The van der Waals surface area contributed by atoms with E-state index in [0.29, 0.717) is 18.8 Å². The van der Waals surface area contributed by atoms with Crippen molar-refractivity contribution < 1.29 is 9.90 Å². The Morgan fingerprint density at radius 3 is 3.00 bits per heavy atom. The number of anilines is 1. The van der Waals surface area contributed by atoms with Gasteiger partial charge in [-0.3, -0.25) is 9.48 Å². The molecule has 104 valence electrons. The van der Waals surface area contributed by atoms with Crippen molar-refractivity contribution in [3.8, 4) is 5.75 Å². The molecule has 1 aliphatic rings. The summed E-state index contributed by atoms with van der Waals surface area (Å²) in [6.07, 6.45) is 3.97. The van der Waals surface area contributed by atoms with E-state index in [2.05, 4.69) is 5.10 Å². The minimum atomic E-state index is 0.00194. The second kappa shape index (κ2) is 4.88. The highest BCUT2D eigenvalue weighted by atomic mass is 16.3. The van der Waals surface area contributed by atoms with E-state index in [9.17, 15) is 9.90 Å². The van der Waals surface area contributed by atoms with Crippen LogP contribution in [0.4, 0.5) is 5.69 Å². The topological polar surface area (TPSA) is 84.4 Å². The summed E-state index contributed by atoms with van der Waals surface area (Å²) < 4.78 is 1.54. The summed E-state index contributed by atoms with van der Waals surface area (Å²) >= 11 is 0.